The van der Waals surface area contributed by atoms with Crippen molar-refractivity contribution in [1.82, 2.24) is 9.55 Å². The van der Waals surface area contributed by atoms with Gasteiger partial charge in [0, 0.05) is 13.2 Å². The van der Waals surface area contributed by atoms with Crippen LogP contribution in [0.1, 0.15) is 0 Å². The first-order chi connectivity index (χ1) is 5.82. The fourth-order valence-electron chi connectivity index (χ4n) is 0.728. The molecule has 72 valence electrons. The number of primary sulfonamides is 1. The fraction of sp³-hybridized carbons (Fsp3) is 0.200. The van der Waals surface area contributed by atoms with Gasteiger partial charge in [0.05, 0.1) is 0 Å². The second-order valence-corrected chi connectivity index (χ2v) is 4.19. The molecule has 0 aromatic carbocycles. The zero-order valence-corrected chi connectivity index (χ0v) is 8.13. The van der Waals surface area contributed by atoms with Crippen LogP contribution in [0.15, 0.2) is 16.0 Å². The Morgan fingerprint density at radius 3 is 2.62 bits per heavy atom. The van der Waals surface area contributed by atoms with Gasteiger partial charge in [-0.1, -0.05) is 11.6 Å². The molecule has 1 heterocycles. The molecule has 0 radical (unpaired) electrons. The summed E-state index contributed by atoms with van der Waals surface area (Å²) in [6, 6.07) is 0. The number of aromatic nitrogens is 2. The van der Waals surface area contributed by atoms with Crippen LogP contribution in [0.25, 0.3) is 0 Å². The number of halogens is 1. The molecule has 0 aliphatic carbocycles. The lowest BCUT2D eigenvalue weighted by molar-refractivity contribution is 0.589. The second-order valence-electron chi connectivity index (χ2n) is 2.33. The Hall–Kier alpha value is -0.920. The SMILES string of the molecule is Cn1cc(Cl)nc(S(N)(=O)=O)c1=O. The highest BCUT2D eigenvalue weighted by atomic mass is 35.5. The maximum absolute atomic E-state index is 11.2. The summed E-state index contributed by atoms with van der Waals surface area (Å²) in [5.41, 5.74) is -0.799. The standard InChI is InChI=1S/C5H6ClN3O3S/c1-9-2-3(6)8-4(5(9)10)13(7,11)12/h2H,1H3,(H2,7,11,12). The van der Waals surface area contributed by atoms with Crippen molar-refractivity contribution in [2.45, 2.75) is 5.03 Å². The maximum atomic E-state index is 11.2. The molecule has 8 heteroatoms. The molecule has 0 saturated heterocycles. The Bertz CT molecular complexity index is 492. The Labute approximate surface area is 79.0 Å². The largest absolute Gasteiger partial charge is 0.313 e. The minimum atomic E-state index is -4.11. The molecular weight excluding hydrogens is 218 g/mol. The molecule has 0 aliphatic heterocycles. The van der Waals surface area contributed by atoms with Crippen molar-refractivity contribution < 1.29 is 8.42 Å². The molecule has 6 nitrogen and oxygen atoms in total. The van der Waals surface area contributed by atoms with Gasteiger partial charge in [0.1, 0.15) is 5.15 Å². The van der Waals surface area contributed by atoms with E-state index in [1.165, 1.54) is 13.2 Å². The van der Waals surface area contributed by atoms with E-state index in [0.717, 1.165) is 4.57 Å². The van der Waals surface area contributed by atoms with Crippen LogP contribution in [0, 0.1) is 0 Å². The monoisotopic (exact) mass is 223 g/mol. The lowest BCUT2D eigenvalue weighted by Gasteiger charge is -2.00. The van der Waals surface area contributed by atoms with Crippen molar-refractivity contribution in [2.24, 2.45) is 12.2 Å². The van der Waals surface area contributed by atoms with Crippen LogP contribution in [0.4, 0.5) is 0 Å². The lowest BCUT2D eigenvalue weighted by Crippen LogP contribution is -2.29. The van der Waals surface area contributed by atoms with Crippen LogP contribution in [0.3, 0.4) is 0 Å². The van der Waals surface area contributed by atoms with Gasteiger partial charge in [0.15, 0.2) is 0 Å². The number of sulfonamides is 1. The number of rotatable bonds is 1. The van der Waals surface area contributed by atoms with E-state index >= 15 is 0 Å². The average Bonchev–Trinajstić information content (AvgIpc) is 1.94. The molecule has 0 spiro atoms. The second kappa shape index (κ2) is 3.09. The fourth-order valence-corrected chi connectivity index (χ4v) is 1.62. The average molecular weight is 224 g/mol. The molecule has 0 atom stereocenters. The van der Waals surface area contributed by atoms with Gasteiger partial charge in [-0.15, -0.1) is 0 Å². The molecule has 1 aromatic rings. The summed E-state index contributed by atoms with van der Waals surface area (Å²) in [5, 5.41) is 3.88. The first-order valence-corrected chi connectivity index (χ1v) is 5.01. The van der Waals surface area contributed by atoms with E-state index < -0.39 is 20.6 Å². The molecule has 1 rings (SSSR count). The van der Waals surface area contributed by atoms with Gasteiger partial charge in [-0.3, -0.25) is 4.79 Å². The van der Waals surface area contributed by atoms with Crippen molar-refractivity contribution in [3.05, 3.63) is 21.7 Å². The zero-order valence-electron chi connectivity index (χ0n) is 6.56. The highest BCUT2D eigenvalue weighted by Crippen LogP contribution is 2.03. The van der Waals surface area contributed by atoms with Crippen molar-refractivity contribution in [3.63, 3.8) is 0 Å². The molecule has 0 saturated carbocycles. The Balaban J connectivity index is 3.66. The lowest BCUT2D eigenvalue weighted by atomic mass is 10.7. The molecule has 13 heavy (non-hydrogen) atoms. The summed E-state index contributed by atoms with van der Waals surface area (Å²) in [7, 11) is -2.76. The van der Waals surface area contributed by atoms with Gasteiger partial charge in [-0.05, 0) is 0 Å². The summed E-state index contributed by atoms with van der Waals surface area (Å²) in [6.45, 7) is 0. The topological polar surface area (TPSA) is 95.1 Å². The van der Waals surface area contributed by atoms with Crippen molar-refractivity contribution in [2.75, 3.05) is 0 Å². The third-order valence-corrected chi connectivity index (χ3v) is 2.27. The van der Waals surface area contributed by atoms with Gasteiger partial charge < -0.3 is 4.57 Å². The van der Waals surface area contributed by atoms with Gasteiger partial charge in [-0.25, -0.2) is 18.5 Å². The third kappa shape index (κ3) is 2.06. The minimum Gasteiger partial charge on any atom is -0.313 e. The number of nitrogens with two attached hydrogens (primary N) is 1. The van der Waals surface area contributed by atoms with Gasteiger partial charge >= 0.3 is 0 Å². The van der Waals surface area contributed by atoms with Crippen molar-refractivity contribution >= 4 is 21.6 Å². The molecular formula is C5H6ClN3O3S. The highest BCUT2D eigenvalue weighted by molar-refractivity contribution is 7.89. The van der Waals surface area contributed by atoms with E-state index in [1.54, 1.807) is 0 Å². The number of aryl methyl sites for hydroxylation is 1. The minimum absolute atomic E-state index is 0.105. The smallest absolute Gasteiger partial charge is 0.289 e. The van der Waals surface area contributed by atoms with E-state index in [1.807, 2.05) is 0 Å². The van der Waals surface area contributed by atoms with E-state index in [2.05, 4.69) is 4.98 Å². The summed E-state index contributed by atoms with van der Waals surface area (Å²) in [4.78, 5) is 14.5. The molecule has 1 aromatic heterocycles. The van der Waals surface area contributed by atoms with Crippen molar-refractivity contribution in [1.29, 1.82) is 0 Å². The predicted octanol–water partition coefficient (Wildman–Crippen LogP) is -0.919. The first-order valence-electron chi connectivity index (χ1n) is 3.08. The summed E-state index contributed by atoms with van der Waals surface area (Å²) in [6.07, 6.45) is 1.19. The third-order valence-electron chi connectivity index (χ3n) is 1.28. The first kappa shape index (κ1) is 10.2. The molecule has 0 bridgehead atoms. The molecule has 0 amide bonds. The Kier molecular flexibility index (Phi) is 2.42. The van der Waals surface area contributed by atoms with Gasteiger partial charge in [0.25, 0.3) is 15.6 Å². The van der Waals surface area contributed by atoms with Gasteiger partial charge in [-0.2, -0.15) is 0 Å². The Morgan fingerprint density at radius 2 is 2.15 bits per heavy atom. The molecule has 2 N–H and O–H groups in total. The number of nitrogens with zero attached hydrogens (tertiary/aromatic N) is 2. The van der Waals surface area contributed by atoms with E-state index in [9.17, 15) is 13.2 Å². The normalized spacial score (nSPS) is 11.6. The van der Waals surface area contributed by atoms with E-state index in [-0.39, 0.29) is 5.15 Å². The quantitative estimate of drug-likeness (QED) is 0.666. The van der Waals surface area contributed by atoms with Crippen LogP contribution in [0.5, 0.6) is 0 Å². The highest BCUT2D eigenvalue weighted by Gasteiger charge is 2.16. The van der Waals surface area contributed by atoms with Crippen LogP contribution in [-0.2, 0) is 17.1 Å². The maximum Gasteiger partial charge on any atom is 0.289 e. The van der Waals surface area contributed by atoms with E-state index in [4.69, 9.17) is 16.7 Å². The summed E-state index contributed by atoms with van der Waals surface area (Å²) < 4.78 is 22.6. The van der Waals surface area contributed by atoms with Gasteiger partial charge in [0.2, 0.25) is 5.03 Å². The van der Waals surface area contributed by atoms with Crippen LogP contribution >= 0.6 is 11.6 Å². The molecule has 0 aliphatic rings. The number of hydrogen-bond donors (Lipinski definition) is 1. The van der Waals surface area contributed by atoms with E-state index in [0.29, 0.717) is 0 Å². The molecule has 0 fully saturated rings. The van der Waals surface area contributed by atoms with Crippen LogP contribution in [0.2, 0.25) is 5.15 Å². The van der Waals surface area contributed by atoms with Crippen molar-refractivity contribution in [3.8, 4) is 0 Å². The Morgan fingerprint density at radius 1 is 1.62 bits per heavy atom. The predicted molar refractivity (Wildman–Crippen MR) is 45.9 cm³/mol. The summed E-state index contributed by atoms with van der Waals surface area (Å²) >= 11 is 5.44. The van der Waals surface area contributed by atoms with Crippen LogP contribution in [-0.4, -0.2) is 18.0 Å². The van der Waals surface area contributed by atoms with Crippen LogP contribution < -0.4 is 10.7 Å². The summed E-state index contributed by atoms with van der Waals surface area (Å²) in [5.74, 6) is 0. The zero-order chi connectivity index (χ0) is 10.2. The molecule has 0 unspecified atom stereocenters. The number of hydrogen-bond acceptors (Lipinski definition) is 4.